The summed E-state index contributed by atoms with van der Waals surface area (Å²) in [6.07, 6.45) is 0. The van der Waals surface area contributed by atoms with E-state index in [0.717, 1.165) is 0 Å². The summed E-state index contributed by atoms with van der Waals surface area (Å²) in [6.45, 7) is 9.69. The van der Waals surface area contributed by atoms with Crippen LogP contribution in [0.5, 0.6) is 0 Å². The Hall–Kier alpha value is -0.706. The number of allylic oxidation sites excluding steroid dienone is 4. The Bertz CT molecular complexity index is 563. The van der Waals surface area contributed by atoms with E-state index >= 15 is 0 Å². The summed E-state index contributed by atoms with van der Waals surface area (Å²) in [6, 6.07) is 8.58. The number of benzene rings is 1. The fraction of sp³-hybridized carbons (Fsp3) is 0.500. The van der Waals surface area contributed by atoms with Crippen LogP contribution in [0, 0.1) is 5.92 Å². The van der Waals surface area contributed by atoms with Gasteiger partial charge in [-0.25, -0.2) is 0 Å². The van der Waals surface area contributed by atoms with E-state index in [1.54, 1.807) is 20.8 Å². The molecule has 4 heteroatoms. The van der Waals surface area contributed by atoms with E-state index in [0.29, 0.717) is 12.5 Å². The van der Waals surface area contributed by atoms with Crippen molar-refractivity contribution in [2.24, 2.45) is 5.92 Å². The Balaban J connectivity index is 0.000000772. The van der Waals surface area contributed by atoms with Gasteiger partial charge in [0.1, 0.15) is 0 Å². The molecule has 1 aromatic carbocycles. The summed E-state index contributed by atoms with van der Waals surface area (Å²) >= 11 is 1.75. The molecule has 0 aliphatic heterocycles. The maximum absolute atomic E-state index is 5.32. The smallest absolute Gasteiger partial charge is 0.0167 e. The third kappa shape index (κ3) is 6.31. The molecule has 0 fully saturated rings. The van der Waals surface area contributed by atoms with E-state index in [9.17, 15) is 0 Å². The monoisotopic (exact) mass is 365 g/mol. The van der Waals surface area contributed by atoms with Crippen molar-refractivity contribution in [2.45, 2.75) is 34.3 Å². The van der Waals surface area contributed by atoms with Crippen LogP contribution in [-0.2, 0) is 30.7 Å². The SMILES string of the molecule is CC1=C(C)C(C)C(c2ccccc2C[O][Ti])=C1C.CNC.CNC. The maximum Gasteiger partial charge on any atom is -0.0167 e. The molecule has 1 aliphatic rings. The van der Waals surface area contributed by atoms with Crippen LogP contribution < -0.4 is 10.6 Å². The molecule has 0 amide bonds. The first-order valence-corrected chi connectivity index (χ1v) is 8.97. The first kappa shape index (κ1) is 23.3. The Morgan fingerprint density at radius 3 is 1.88 bits per heavy atom. The van der Waals surface area contributed by atoms with Gasteiger partial charge in [-0.15, -0.1) is 0 Å². The second-order valence-corrected chi connectivity index (χ2v) is 6.46. The van der Waals surface area contributed by atoms with Gasteiger partial charge < -0.3 is 10.6 Å². The zero-order valence-corrected chi connectivity index (χ0v) is 18.1. The van der Waals surface area contributed by atoms with Gasteiger partial charge in [-0.2, -0.15) is 0 Å². The van der Waals surface area contributed by atoms with Crippen molar-refractivity contribution in [1.29, 1.82) is 0 Å². The van der Waals surface area contributed by atoms with E-state index < -0.39 is 0 Å². The van der Waals surface area contributed by atoms with E-state index in [4.69, 9.17) is 3.32 Å². The second-order valence-electron chi connectivity index (χ2n) is 6.01. The Labute approximate surface area is 160 Å². The summed E-state index contributed by atoms with van der Waals surface area (Å²) in [4.78, 5) is 0. The molecule has 0 aromatic heterocycles. The standard InChI is InChI=1S/C16H19O.2C2H7N.Ti/c1-10-11(2)13(4)16(12(10)3)15-8-6-5-7-14(15)9-17;2*1-3-2;/h5-8,12H,9H2,1-4H3;2*3H,1-2H3;/q-1;;;+1. The predicted molar refractivity (Wildman–Crippen MR) is 101 cm³/mol. The fourth-order valence-electron chi connectivity index (χ4n) is 2.79. The molecule has 0 saturated carbocycles. The van der Waals surface area contributed by atoms with Crippen molar-refractivity contribution in [1.82, 2.24) is 10.6 Å². The van der Waals surface area contributed by atoms with Gasteiger partial charge in [-0.3, -0.25) is 0 Å². The van der Waals surface area contributed by atoms with Crippen molar-refractivity contribution in [3.8, 4) is 0 Å². The molecular formula is C20H33N2OTi. The molecule has 1 unspecified atom stereocenters. The largest absolute Gasteiger partial charge is 0.323 e. The molecule has 1 atom stereocenters. The van der Waals surface area contributed by atoms with Gasteiger partial charge in [-0.1, -0.05) is 0 Å². The van der Waals surface area contributed by atoms with Crippen LogP contribution in [0.4, 0.5) is 0 Å². The van der Waals surface area contributed by atoms with Crippen molar-refractivity contribution < 1.29 is 24.1 Å². The minimum absolute atomic E-state index is 0.517. The van der Waals surface area contributed by atoms with Crippen LogP contribution in [0.15, 0.2) is 41.0 Å². The van der Waals surface area contributed by atoms with Gasteiger partial charge in [-0.05, 0) is 28.2 Å². The Morgan fingerprint density at radius 2 is 1.46 bits per heavy atom. The Kier molecular flexibility index (Phi) is 12.3. The average Bonchev–Trinajstić information content (AvgIpc) is 2.74. The van der Waals surface area contributed by atoms with E-state index in [1.807, 2.05) is 28.2 Å². The summed E-state index contributed by atoms with van der Waals surface area (Å²) in [5.74, 6) is 0.517. The first-order chi connectivity index (χ1) is 11.4. The molecule has 24 heavy (non-hydrogen) atoms. The molecule has 0 radical (unpaired) electrons. The summed E-state index contributed by atoms with van der Waals surface area (Å²) in [7, 11) is 7.50. The average molecular weight is 365 g/mol. The van der Waals surface area contributed by atoms with Crippen LogP contribution >= 0.6 is 0 Å². The van der Waals surface area contributed by atoms with Crippen LogP contribution in [0.1, 0.15) is 38.8 Å². The first-order valence-electron chi connectivity index (χ1n) is 8.33. The zero-order chi connectivity index (χ0) is 18.7. The topological polar surface area (TPSA) is 33.3 Å². The normalized spacial score (nSPS) is 16.4. The molecule has 133 valence electrons. The van der Waals surface area contributed by atoms with Crippen molar-refractivity contribution in [3.05, 3.63) is 52.1 Å². The summed E-state index contributed by atoms with van der Waals surface area (Å²) < 4.78 is 5.32. The zero-order valence-electron chi connectivity index (χ0n) is 16.5. The fourth-order valence-corrected chi connectivity index (χ4v) is 3.03. The third-order valence-corrected chi connectivity index (χ3v) is 4.40. The van der Waals surface area contributed by atoms with Crippen LogP contribution in [0.3, 0.4) is 0 Å². The second kappa shape index (κ2) is 12.6. The molecule has 0 saturated heterocycles. The van der Waals surface area contributed by atoms with Crippen LogP contribution in [0.25, 0.3) is 5.57 Å². The number of rotatable bonds is 3. The molecule has 2 N–H and O–H groups in total. The number of hydrogen-bond acceptors (Lipinski definition) is 3. The molecule has 0 bridgehead atoms. The maximum atomic E-state index is 5.32. The summed E-state index contributed by atoms with van der Waals surface area (Å²) in [5, 5.41) is 5.50. The number of nitrogens with one attached hydrogen (secondary N) is 2. The van der Waals surface area contributed by atoms with Gasteiger partial charge in [0.15, 0.2) is 0 Å². The Morgan fingerprint density at radius 1 is 0.958 bits per heavy atom. The molecule has 0 spiro atoms. The molecule has 1 aliphatic carbocycles. The van der Waals surface area contributed by atoms with Crippen molar-refractivity contribution >= 4 is 5.57 Å². The molecule has 2 rings (SSSR count). The predicted octanol–water partition coefficient (Wildman–Crippen LogP) is 4.10. The minimum Gasteiger partial charge on any atom is -0.323 e. The molecular weight excluding hydrogens is 332 g/mol. The van der Waals surface area contributed by atoms with Gasteiger partial charge in [0.2, 0.25) is 0 Å². The van der Waals surface area contributed by atoms with Gasteiger partial charge in [0, 0.05) is 0 Å². The van der Waals surface area contributed by atoms with Crippen molar-refractivity contribution in [2.75, 3.05) is 28.2 Å². The van der Waals surface area contributed by atoms with Crippen LogP contribution in [-0.4, -0.2) is 28.2 Å². The quantitative estimate of drug-likeness (QED) is 0.792. The van der Waals surface area contributed by atoms with Gasteiger partial charge >= 0.3 is 122 Å². The number of hydrogen-bond donors (Lipinski definition) is 2. The molecule has 0 heterocycles. The van der Waals surface area contributed by atoms with Crippen LogP contribution in [0.2, 0.25) is 0 Å². The van der Waals surface area contributed by atoms with Gasteiger partial charge in [0.25, 0.3) is 0 Å². The molecule has 3 nitrogen and oxygen atoms in total. The van der Waals surface area contributed by atoms with Crippen molar-refractivity contribution in [3.63, 3.8) is 0 Å². The third-order valence-electron chi connectivity index (χ3n) is 4.18. The summed E-state index contributed by atoms with van der Waals surface area (Å²) in [5.41, 5.74) is 8.48. The van der Waals surface area contributed by atoms with Gasteiger partial charge in [0.05, 0.1) is 0 Å². The van der Waals surface area contributed by atoms with E-state index in [2.05, 4.69) is 62.6 Å². The van der Waals surface area contributed by atoms with E-state index in [1.165, 1.54) is 33.4 Å². The van der Waals surface area contributed by atoms with E-state index in [-0.39, 0.29) is 0 Å². The minimum atomic E-state index is 0.517. The molecule has 1 aromatic rings.